The molecule has 4 rings (SSSR count). The van der Waals surface area contributed by atoms with Crippen molar-refractivity contribution in [1.82, 2.24) is 19.6 Å². The fourth-order valence-corrected chi connectivity index (χ4v) is 4.79. The van der Waals surface area contributed by atoms with Crippen LogP contribution in [0.1, 0.15) is 34.5 Å². The summed E-state index contributed by atoms with van der Waals surface area (Å²) in [6.45, 7) is 1.21. The Hall–Kier alpha value is -3.48. The highest BCUT2D eigenvalue weighted by atomic mass is 19.1. The molecule has 1 unspecified atom stereocenters. The number of rotatable bonds is 7. The van der Waals surface area contributed by atoms with Crippen LogP contribution in [0.3, 0.4) is 0 Å². The van der Waals surface area contributed by atoms with E-state index in [4.69, 9.17) is 0 Å². The minimum Gasteiger partial charge on any atom is -0.342 e. The molecule has 1 atom stereocenters. The van der Waals surface area contributed by atoms with Gasteiger partial charge in [-0.15, -0.1) is 0 Å². The smallest absolute Gasteiger partial charge is 0.274 e. The second-order valence-electron chi connectivity index (χ2n) is 9.03. The number of hydrogen-bond acceptors (Lipinski definition) is 3. The Balaban J connectivity index is 1.45. The number of likely N-dealkylation sites (tertiary alicyclic amines) is 1. The van der Waals surface area contributed by atoms with Gasteiger partial charge in [0.2, 0.25) is 5.91 Å². The van der Waals surface area contributed by atoms with Crippen molar-refractivity contribution in [3.05, 3.63) is 89.5 Å². The average molecular weight is 463 g/mol. The zero-order valence-electron chi connectivity index (χ0n) is 19.7. The number of carbonyl (C=O) groups excluding carboxylic acids is 2. The van der Waals surface area contributed by atoms with Crippen molar-refractivity contribution in [2.24, 2.45) is 13.0 Å². The van der Waals surface area contributed by atoms with Crippen molar-refractivity contribution in [3.8, 4) is 0 Å². The number of piperidine rings is 1. The van der Waals surface area contributed by atoms with Crippen LogP contribution in [0.4, 0.5) is 4.39 Å². The zero-order valence-corrected chi connectivity index (χ0v) is 19.7. The fraction of sp³-hybridized carbons (Fsp3) is 0.370. The second-order valence-corrected chi connectivity index (χ2v) is 9.03. The molecule has 0 N–H and O–H groups in total. The van der Waals surface area contributed by atoms with Gasteiger partial charge in [-0.3, -0.25) is 14.3 Å². The van der Waals surface area contributed by atoms with Crippen LogP contribution in [0.15, 0.2) is 66.9 Å². The van der Waals surface area contributed by atoms with Gasteiger partial charge in [-0.2, -0.15) is 5.10 Å². The van der Waals surface area contributed by atoms with Gasteiger partial charge in [-0.05, 0) is 48.4 Å². The summed E-state index contributed by atoms with van der Waals surface area (Å²) >= 11 is 0. The quantitative estimate of drug-likeness (QED) is 0.538. The van der Waals surface area contributed by atoms with Crippen LogP contribution >= 0.6 is 0 Å². The summed E-state index contributed by atoms with van der Waals surface area (Å²) in [4.78, 5) is 29.6. The van der Waals surface area contributed by atoms with E-state index >= 15 is 0 Å². The molecular weight excluding hydrogens is 431 g/mol. The zero-order chi connectivity index (χ0) is 24.1. The Labute approximate surface area is 200 Å². The maximum absolute atomic E-state index is 14.0. The third kappa shape index (κ3) is 5.53. The number of hydrogen-bond donors (Lipinski definition) is 0. The van der Waals surface area contributed by atoms with Gasteiger partial charge >= 0.3 is 0 Å². The molecule has 1 fully saturated rings. The number of nitrogens with zero attached hydrogens (tertiary/aromatic N) is 4. The van der Waals surface area contributed by atoms with Gasteiger partial charge in [0.25, 0.3) is 5.91 Å². The molecule has 0 radical (unpaired) electrons. The van der Waals surface area contributed by atoms with E-state index in [1.54, 1.807) is 42.2 Å². The lowest BCUT2D eigenvalue weighted by atomic mass is 9.84. The predicted molar refractivity (Wildman–Crippen MR) is 129 cm³/mol. The van der Waals surface area contributed by atoms with Crippen LogP contribution in [-0.4, -0.2) is 57.6 Å². The highest BCUT2D eigenvalue weighted by molar-refractivity contribution is 5.92. The van der Waals surface area contributed by atoms with Gasteiger partial charge < -0.3 is 9.80 Å². The standard InChI is InChI=1S/C27H31FN4O2/c1-30-15-14-24(29-30)27(34)31(2)25(18-20-8-4-3-5-9-20)21-12-16-32(17-13-21)26(33)19-22-10-6-7-11-23(22)28/h3-11,14-15,21,25H,12-13,16-19H2,1-2H3. The molecule has 34 heavy (non-hydrogen) atoms. The molecule has 1 aromatic heterocycles. The minimum atomic E-state index is -0.344. The molecule has 0 bridgehead atoms. The third-order valence-corrected chi connectivity index (χ3v) is 6.77. The van der Waals surface area contributed by atoms with Crippen molar-refractivity contribution in [1.29, 1.82) is 0 Å². The van der Waals surface area contributed by atoms with Crippen LogP contribution < -0.4 is 0 Å². The molecule has 2 heterocycles. The van der Waals surface area contributed by atoms with Crippen molar-refractivity contribution < 1.29 is 14.0 Å². The highest BCUT2D eigenvalue weighted by Gasteiger charge is 2.33. The van der Waals surface area contributed by atoms with Crippen LogP contribution in [0.25, 0.3) is 0 Å². The van der Waals surface area contributed by atoms with E-state index in [9.17, 15) is 14.0 Å². The van der Waals surface area contributed by atoms with E-state index in [1.807, 2.05) is 35.0 Å². The first-order chi connectivity index (χ1) is 16.4. The van der Waals surface area contributed by atoms with Crippen LogP contribution in [0, 0.1) is 11.7 Å². The Morgan fingerprint density at radius 1 is 1.06 bits per heavy atom. The van der Waals surface area contributed by atoms with Gasteiger partial charge in [0.1, 0.15) is 11.5 Å². The highest BCUT2D eigenvalue weighted by Crippen LogP contribution is 2.28. The van der Waals surface area contributed by atoms with E-state index in [0.717, 1.165) is 19.3 Å². The topological polar surface area (TPSA) is 58.4 Å². The van der Waals surface area contributed by atoms with Gasteiger partial charge in [0.15, 0.2) is 0 Å². The molecule has 1 aliphatic heterocycles. The van der Waals surface area contributed by atoms with Crippen molar-refractivity contribution in [2.45, 2.75) is 31.7 Å². The number of carbonyl (C=O) groups is 2. The molecule has 178 valence electrons. The number of amides is 2. The molecule has 0 aliphatic carbocycles. The molecule has 2 amide bonds. The van der Waals surface area contributed by atoms with Gasteiger partial charge in [-0.1, -0.05) is 48.5 Å². The molecule has 2 aromatic carbocycles. The number of aryl methyl sites for hydroxylation is 1. The number of halogens is 1. The first kappa shape index (κ1) is 23.7. The fourth-order valence-electron chi connectivity index (χ4n) is 4.79. The molecule has 1 aliphatic rings. The average Bonchev–Trinajstić information content (AvgIpc) is 3.30. The summed E-state index contributed by atoms with van der Waals surface area (Å²) in [7, 11) is 3.65. The molecule has 6 nitrogen and oxygen atoms in total. The lowest BCUT2D eigenvalue weighted by Gasteiger charge is -2.40. The summed E-state index contributed by atoms with van der Waals surface area (Å²) in [6, 6.07) is 18.3. The predicted octanol–water partition coefficient (Wildman–Crippen LogP) is 3.72. The molecule has 7 heteroatoms. The number of likely N-dealkylation sites (N-methyl/N-ethyl adjacent to an activating group) is 1. The molecular formula is C27H31FN4O2. The Bertz CT molecular complexity index is 1120. The largest absolute Gasteiger partial charge is 0.342 e. The van der Waals surface area contributed by atoms with Gasteiger partial charge in [0, 0.05) is 39.4 Å². The van der Waals surface area contributed by atoms with E-state index in [-0.39, 0.29) is 36.0 Å². The molecule has 0 saturated carbocycles. The van der Waals surface area contributed by atoms with E-state index < -0.39 is 0 Å². The summed E-state index contributed by atoms with van der Waals surface area (Å²) in [5.74, 6) is -0.251. The van der Waals surface area contributed by atoms with Gasteiger partial charge in [-0.25, -0.2) is 4.39 Å². The maximum Gasteiger partial charge on any atom is 0.274 e. The molecule has 1 saturated heterocycles. The second kappa shape index (κ2) is 10.6. The monoisotopic (exact) mass is 462 g/mol. The van der Waals surface area contributed by atoms with Crippen molar-refractivity contribution in [3.63, 3.8) is 0 Å². The minimum absolute atomic E-state index is 0.0132. The van der Waals surface area contributed by atoms with Crippen molar-refractivity contribution >= 4 is 11.8 Å². The Kier molecular flexibility index (Phi) is 7.40. The SMILES string of the molecule is CN(C(=O)c1ccn(C)n1)C(Cc1ccccc1)C1CCN(C(=O)Cc2ccccc2F)CC1. The maximum atomic E-state index is 14.0. The van der Waals surface area contributed by atoms with Crippen LogP contribution in [-0.2, 0) is 24.7 Å². The van der Waals surface area contributed by atoms with E-state index in [0.29, 0.717) is 24.3 Å². The Morgan fingerprint density at radius 3 is 2.38 bits per heavy atom. The normalized spacial score (nSPS) is 15.2. The summed E-state index contributed by atoms with van der Waals surface area (Å²) < 4.78 is 15.6. The number of benzene rings is 2. The van der Waals surface area contributed by atoms with Crippen molar-refractivity contribution in [2.75, 3.05) is 20.1 Å². The lowest BCUT2D eigenvalue weighted by molar-refractivity contribution is -0.132. The van der Waals surface area contributed by atoms with E-state index in [2.05, 4.69) is 17.2 Å². The lowest BCUT2D eigenvalue weighted by Crippen LogP contribution is -2.48. The Morgan fingerprint density at radius 2 is 1.74 bits per heavy atom. The third-order valence-electron chi connectivity index (χ3n) is 6.77. The number of aromatic nitrogens is 2. The summed E-state index contributed by atoms with van der Waals surface area (Å²) in [5, 5.41) is 4.29. The van der Waals surface area contributed by atoms with Gasteiger partial charge in [0.05, 0.1) is 6.42 Å². The van der Waals surface area contributed by atoms with E-state index in [1.165, 1.54) is 11.6 Å². The summed E-state index contributed by atoms with van der Waals surface area (Å²) in [5.41, 5.74) is 2.03. The van der Waals surface area contributed by atoms with Crippen LogP contribution in [0.2, 0.25) is 0 Å². The summed E-state index contributed by atoms with van der Waals surface area (Å²) in [6.07, 6.45) is 4.17. The first-order valence-corrected chi connectivity index (χ1v) is 11.7. The molecule has 3 aromatic rings. The first-order valence-electron chi connectivity index (χ1n) is 11.7. The molecule has 0 spiro atoms. The van der Waals surface area contributed by atoms with Crippen LogP contribution in [0.5, 0.6) is 0 Å².